The molecule has 0 saturated heterocycles. The average Bonchev–Trinajstić information content (AvgIpc) is 2.85. The van der Waals surface area contributed by atoms with Crippen molar-refractivity contribution in [3.63, 3.8) is 0 Å². The Morgan fingerprint density at radius 2 is 1.15 bits per heavy atom. The van der Waals surface area contributed by atoms with Crippen LogP contribution < -0.4 is 32.5 Å². The molecule has 0 atom stereocenters. The third-order valence-corrected chi connectivity index (χ3v) is 5.74. The maximum atomic E-state index is 13.5. The van der Waals surface area contributed by atoms with Crippen LogP contribution in [0.2, 0.25) is 0 Å². The van der Waals surface area contributed by atoms with Gasteiger partial charge in [-0.2, -0.15) is 5.10 Å². The van der Waals surface area contributed by atoms with Gasteiger partial charge in [-0.1, -0.05) is 59.7 Å². The third-order valence-electron chi connectivity index (χ3n) is 5.74. The first kappa shape index (κ1) is 21.3. The van der Waals surface area contributed by atoms with Crippen molar-refractivity contribution in [2.75, 3.05) is 5.43 Å². The zero-order chi connectivity index (χ0) is 23.7. The van der Waals surface area contributed by atoms with E-state index >= 15 is 0 Å². The third kappa shape index (κ3) is 3.97. The first-order valence-electron chi connectivity index (χ1n) is 10.9. The van der Waals surface area contributed by atoms with Crippen molar-refractivity contribution < 1.29 is 0 Å². The number of hydrazine groups is 1. The molecule has 0 aromatic heterocycles. The van der Waals surface area contributed by atoms with E-state index in [1.165, 1.54) is 0 Å². The standard InChI is InChI=1S/C28H22N4O2/c1-17-7-11-19(12-8-17)29-23-15-16-24(31-32-30-20-13-9-18(2)10-14-20)26-25(23)27(33)21-5-3-4-6-22(21)28(26)34/h3-16,30,32H,1-2H3/b29-23?,31-24+. The summed E-state index contributed by atoms with van der Waals surface area (Å²) in [4.78, 5) is 31.7. The van der Waals surface area contributed by atoms with Gasteiger partial charge in [0.15, 0.2) is 10.9 Å². The second-order valence-electron chi connectivity index (χ2n) is 8.22. The van der Waals surface area contributed by atoms with Gasteiger partial charge in [-0.25, -0.2) is 10.5 Å². The minimum atomic E-state index is -0.248. The number of hydrogen-bond donors (Lipinski definition) is 2. The molecule has 0 bridgehead atoms. The molecule has 0 radical (unpaired) electrons. The lowest BCUT2D eigenvalue weighted by atomic mass is 10.0. The molecule has 3 aromatic carbocycles. The summed E-state index contributed by atoms with van der Waals surface area (Å²) in [7, 11) is 0. The van der Waals surface area contributed by atoms with Crippen LogP contribution in [0.4, 0.5) is 11.4 Å². The van der Waals surface area contributed by atoms with Crippen LogP contribution in [0, 0.1) is 24.3 Å². The van der Waals surface area contributed by atoms with Gasteiger partial charge in [-0.05, 0) is 50.2 Å². The Labute approximate surface area is 194 Å². The van der Waals surface area contributed by atoms with Gasteiger partial charge in [0.05, 0.1) is 32.5 Å². The Balaban J connectivity index is 1.77. The van der Waals surface area contributed by atoms with Crippen molar-refractivity contribution >= 4 is 22.1 Å². The Hall–Kier alpha value is -4.58. The Morgan fingerprint density at radius 3 is 1.76 bits per heavy atom. The van der Waals surface area contributed by atoms with Gasteiger partial charge in [-0.3, -0.25) is 15.0 Å². The van der Waals surface area contributed by atoms with E-state index in [1.807, 2.05) is 62.4 Å². The van der Waals surface area contributed by atoms with Gasteiger partial charge >= 0.3 is 0 Å². The van der Waals surface area contributed by atoms with Crippen molar-refractivity contribution in [3.05, 3.63) is 138 Å². The summed E-state index contributed by atoms with van der Waals surface area (Å²) >= 11 is 0. The lowest BCUT2D eigenvalue weighted by molar-refractivity contribution is 0.833. The zero-order valence-corrected chi connectivity index (χ0v) is 18.8. The molecule has 2 N–H and O–H groups in total. The molecule has 166 valence electrons. The van der Waals surface area contributed by atoms with Gasteiger partial charge < -0.3 is 0 Å². The van der Waals surface area contributed by atoms with Crippen LogP contribution in [0.1, 0.15) is 11.1 Å². The van der Waals surface area contributed by atoms with E-state index in [0.717, 1.165) is 16.8 Å². The maximum absolute atomic E-state index is 13.5. The van der Waals surface area contributed by atoms with E-state index in [2.05, 4.69) is 21.1 Å². The van der Waals surface area contributed by atoms with Gasteiger partial charge in [0.25, 0.3) is 0 Å². The van der Waals surface area contributed by atoms with Crippen molar-refractivity contribution in [2.45, 2.75) is 13.8 Å². The number of nitrogens with zero attached hydrogens (tertiary/aromatic N) is 2. The quantitative estimate of drug-likeness (QED) is 0.415. The van der Waals surface area contributed by atoms with Crippen molar-refractivity contribution in [2.24, 2.45) is 10.1 Å². The summed E-state index contributed by atoms with van der Waals surface area (Å²) in [6.07, 6.45) is 0. The van der Waals surface area contributed by atoms with E-state index < -0.39 is 0 Å². The Bertz CT molecular complexity index is 1800. The molecule has 0 fully saturated rings. The fraction of sp³-hybridized carbons (Fsp3) is 0.0714. The van der Waals surface area contributed by atoms with Gasteiger partial charge in [-0.15, -0.1) is 0 Å². The maximum Gasteiger partial charge on any atom is 0.196 e. The molecule has 0 unspecified atom stereocenters. The van der Waals surface area contributed by atoms with Gasteiger partial charge in [0, 0.05) is 10.8 Å². The minimum absolute atomic E-state index is 0.236. The van der Waals surface area contributed by atoms with Crippen molar-refractivity contribution in [3.8, 4) is 0 Å². The predicted molar refractivity (Wildman–Crippen MR) is 134 cm³/mol. The summed E-state index contributed by atoms with van der Waals surface area (Å²) < 4.78 is 0. The molecule has 0 aliphatic heterocycles. The molecule has 0 spiro atoms. The van der Waals surface area contributed by atoms with Crippen molar-refractivity contribution in [1.82, 2.24) is 5.53 Å². The topological polar surface area (TPSA) is 82.9 Å². The first-order chi connectivity index (χ1) is 16.5. The number of anilines is 1. The molecule has 5 rings (SSSR count). The first-order valence-corrected chi connectivity index (χ1v) is 10.9. The van der Waals surface area contributed by atoms with Crippen LogP contribution in [0.15, 0.2) is 105 Å². The van der Waals surface area contributed by atoms with Crippen LogP contribution in [-0.2, 0) is 0 Å². The number of benzene rings is 3. The fourth-order valence-corrected chi connectivity index (χ4v) is 3.92. The van der Waals surface area contributed by atoms with E-state index in [-0.39, 0.29) is 21.3 Å². The Morgan fingerprint density at radius 1 is 0.618 bits per heavy atom. The van der Waals surface area contributed by atoms with Crippen LogP contribution in [0.5, 0.6) is 0 Å². The number of hydrogen-bond acceptors (Lipinski definition) is 6. The predicted octanol–water partition coefficient (Wildman–Crippen LogP) is 3.44. The van der Waals surface area contributed by atoms with E-state index in [9.17, 15) is 9.59 Å². The number of aryl methyl sites for hydroxylation is 2. The zero-order valence-electron chi connectivity index (χ0n) is 18.8. The molecule has 6 heteroatoms. The van der Waals surface area contributed by atoms with Crippen LogP contribution in [0.25, 0.3) is 10.8 Å². The lowest BCUT2D eigenvalue weighted by Gasteiger charge is -2.05. The smallest absolute Gasteiger partial charge is 0.196 e. The highest BCUT2D eigenvalue weighted by atomic mass is 16.1. The summed E-state index contributed by atoms with van der Waals surface area (Å²) in [5, 5.41) is 6.45. The highest BCUT2D eigenvalue weighted by Gasteiger charge is 2.11. The number of rotatable bonds is 4. The van der Waals surface area contributed by atoms with E-state index in [4.69, 9.17) is 0 Å². The average molecular weight is 447 g/mol. The highest BCUT2D eigenvalue weighted by Crippen LogP contribution is 2.11. The molecular weight excluding hydrogens is 424 g/mol. The van der Waals surface area contributed by atoms with Gasteiger partial charge in [0.2, 0.25) is 0 Å². The molecule has 2 aliphatic rings. The molecule has 3 aromatic rings. The van der Waals surface area contributed by atoms with Crippen molar-refractivity contribution in [1.29, 1.82) is 0 Å². The highest BCUT2D eigenvalue weighted by molar-refractivity contribution is 5.82. The number of fused-ring (bicyclic) bond motifs is 1. The Kier molecular flexibility index (Phi) is 5.47. The number of nitrogens with one attached hydrogen (secondary N) is 2. The molecule has 0 saturated carbocycles. The monoisotopic (exact) mass is 446 g/mol. The summed E-state index contributed by atoms with van der Waals surface area (Å²) in [5.41, 5.74) is 9.10. The van der Waals surface area contributed by atoms with Crippen LogP contribution in [0.3, 0.4) is 0 Å². The second-order valence-corrected chi connectivity index (χ2v) is 8.22. The molecular formula is C28H22N4O2. The van der Waals surface area contributed by atoms with E-state index in [0.29, 0.717) is 27.2 Å². The normalized spacial score (nSPS) is 12.4. The molecule has 0 amide bonds. The summed E-state index contributed by atoms with van der Waals surface area (Å²) in [6.45, 7) is 4.01. The molecule has 0 heterocycles. The van der Waals surface area contributed by atoms with Gasteiger partial charge in [0.1, 0.15) is 0 Å². The lowest BCUT2D eigenvalue weighted by Crippen LogP contribution is -2.30. The summed E-state index contributed by atoms with van der Waals surface area (Å²) in [5.74, 6) is 0. The summed E-state index contributed by atoms with van der Waals surface area (Å²) in [6, 6.07) is 25.8. The minimum Gasteiger partial charge on any atom is -0.288 e. The molecule has 2 aliphatic carbocycles. The largest absolute Gasteiger partial charge is 0.288 e. The van der Waals surface area contributed by atoms with E-state index in [1.54, 1.807) is 36.4 Å². The second kappa shape index (κ2) is 8.75. The molecule has 6 nitrogen and oxygen atoms in total. The fourth-order valence-electron chi connectivity index (χ4n) is 3.92. The van der Waals surface area contributed by atoms with Crippen LogP contribution in [-0.4, -0.2) is 0 Å². The van der Waals surface area contributed by atoms with Crippen LogP contribution >= 0.6 is 0 Å². The SMILES string of the molecule is Cc1ccc(N=c2cc/c(=N\NNc3ccc(C)cc3)c3c(=O)c4ccccc4c(=O)c2=3)cc1. The molecule has 34 heavy (non-hydrogen) atoms.